The maximum atomic E-state index is 12.7. The summed E-state index contributed by atoms with van der Waals surface area (Å²) in [5.41, 5.74) is 10.2. The zero-order chi connectivity index (χ0) is 40.8. The molecule has 0 spiro atoms. The van der Waals surface area contributed by atoms with E-state index < -0.39 is 0 Å². The van der Waals surface area contributed by atoms with Crippen molar-refractivity contribution in [3.8, 4) is 22.4 Å². The zero-order valence-corrected chi connectivity index (χ0v) is 33.8. The van der Waals surface area contributed by atoms with Gasteiger partial charge in [-0.05, 0) is 103 Å². The average molecular weight is 792 g/mol. The van der Waals surface area contributed by atoms with Gasteiger partial charge in [0.2, 0.25) is 17.7 Å². The maximum absolute atomic E-state index is 12.7. The first-order valence-corrected chi connectivity index (χ1v) is 20.5. The molecule has 4 N–H and O–H groups in total. The minimum absolute atomic E-state index is 0.0260. The van der Waals surface area contributed by atoms with Crippen molar-refractivity contribution in [2.24, 2.45) is 5.92 Å². The topological polar surface area (TPSA) is 168 Å². The predicted molar refractivity (Wildman–Crippen MR) is 223 cm³/mol. The maximum Gasteiger partial charge on any atom is 0.292 e. The molecule has 5 unspecified atom stereocenters. The van der Waals surface area contributed by atoms with Crippen LogP contribution < -0.4 is 21.3 Å². The Kier molecular flexibility index (Phi) is 10.1. The van der Waals surface area contributed by atoms with Crippen molar-refractivity contribution in [1.82, 2.24) is 40.7 Å². The van der Waals surface area contributed by atoms with Crippen LogP contribution in [0.1, 0.15) is 97.6 Å². The second-order valence-corrected chi connectivity index (χ2v) is 17.5. The summed E-state index contributed by atoms with van der Waals surface area (Å²) in [5, 5.41) is 20.9. The van der Waals surface area contributed by atoms with Crippen LogP contribution in [0.4, 0.5) is 5.69 Å². The molecule has 3 saturated heterocycles. The second kappa shape index (κ2) is 15.5. The van der Waals surface area contributed by atoms with E-state index in [0.29, 0.717) is 49.2 Å². The monoisotopic (exact) mass is 791 g/mol. The van der Waals surface area contributed by atoms with Crippen LogP contribution in [0, 0.1) is 12.8 Å². The molecule has 6 heterocycles. The lowest BCUT2D eigenvalue weighted by Gasteiger charge is -2.31. The number of aryl methyl sites for hydroxylation is 1. The summed E-state index contributed by atoms with van der Waals surface area (Å²) < 4.78 is 7.16. The second-order valence-electron chi connectivity index (χ2n) is 17.5. The number of nitrogens with zero attached hydrogens (tertiary/aromatic N) is 5. The molecule has 9 rings (SSSR count). The molecule has 3 aromatic heterocycles. The Balaban J connectivity index is 0.820. The number of amides is 3. The van der Waals surface area contributed by atoms with E-state index >= 15 is 0 Å². The van der Waals surface area contributed by atoms with Crippen molar-refractivity contribution in [2.75, 3.05) is 5.32 Å². The highest BCUT2D eigenvalue weighted by Crippen LogP contribution is 2.42. The summed E-state index contributed by atoms with van der Waals surface area (Å²) in [7, 11) is 0. The fraction of sp³-hybridized carbons (Fsp3) is 0.370. The minimum Gasteiger partial charge on any atom is -0.374 e. The first-order valence-electron chi connectivity index (χ1n) is 20.5. The Morgan fingerprint density at radius 1 is 0.949 bits per heavy atom. The van der Waals surface area contributed by atoms with Crippen molar-refractivity contribution in [3.63, 3.8) is 0 Å². The quantitative estimate of drug-likeness (QED) is 0.110. The molecule has 0 aliphatic carbocycles. The summed E-state index contributed by atoms with van der Waals surface area (Å²) in [5.74, 6) is 0.694. The van der Waals surface area contributed by atoms with E-state index in [1.54, 1.807) is 6.33 Å². The first kappa shape index (κ1) is 38.3. The lowest BCUT2D eigenvalue weighted by atomic mass is 9.84. The molecule has 3 aliphatic rings. The highest BCUT2D eigenvalue weighted by atomic mass is 16.5. The van der Waals surface area contributed by atoms with Crippen molar-refractivity contribution >= 4 is 28.9 Å². The van der Waals surface area contributed by atoms with Crippen LogP contribution in [0.3, 0.4) is 0 Å². The molecule has 6 aromatic rings. The Hall–Kier alpha value is -6.21. The SMILES string of the molecule is Cc1cc(-c2ncnn3cc(-c4ccc(CC5CC6CC(c7ccc(NC8CCC(=O)NC8=O)cc7)CC5N6)cc4)cc23)ccc1CNC(=O)c1noc(C(C)(C)C)n1. The normalized spacial score (nSPS) is 21.7. The van der Waals surface area contributed by atoms with Gasteiger partial charge in [0.1, 0.15) is 12.4 Å². The number of anilines is 1. The van der Waals surface area contributed by atoms with Gasteiger partial charge in [-0.1, -0.05) is 74.5 Å². The molecule has 5 atom stereocenters. The third-order valence-electron chi connectivity index (χ3n) is 12.2. The van der Waals surface area contributed by atoms with Gasteiger partial charge < -0.3 is 20.5 Å². The number of carbonyl (C=O) groups excluding carboxylic acids is 3. The number of fused-ring (bicyclic) bond motifs is 3. The van der Waals surface area contributed by atoms with E-state index in [4.69, 9.17) is 4.52 Å². The average Bonchev–Trinajstić information content (AvgIpc) is 3.97. The van der Waals surface area contributed by atoms with Gasteiger partial charge >= 0.3 is 0 Å². The summed E-state index contributed by atoms with van der Waals surface area (Å²) in [4.78, 5) is 45.4. The lowest BCUT2D eigenvalue weighted by molar-refractivity contribution is -0.133. The Bertz CT molecular complexity index is 2540. The molecule has 3 amide bonds. The number of piperidine rings is 2. The molecular weight excluding hydrogens is 743 g/mol. The number of benzene rings is 3. The largest absolute Gasteiger partial charge is 0.374 e. The van der Waals surface area contributed by atoms with E-state index in [0.717, 1.165) is 64.0 Å². The van der Waals surface area contributed by atoms with Crippen molar-refractivity contribution < 1.29 is 18.9 Å². The van der Waals surface area contributed by atoms with Crippen LogP contribution >= 0.6 is 0 Å². The number of rotatable bonds is 10. The van der Waals surface area contributed by atoms with Crippen molar-refractivity contribution in [3.05, 3.63) is 119 Å². The van der Waals surface area contributed by atoms with Gasteiger partial charge in [-0.15, -0.1) is 0 Å². The van der Waals surface area contributed by atoms with Crippen LogP contribution in [0.2, 0.25) is 0 Å². The number of hydrogen-bond acceptors (Lipinski definition) is 10. The molecule has 3 aromatic carbocycles. The number of aromatic nitrogens is 5. The van der Waals surface area contributed by atoms with Gasteiger partial charge in [0.05, 0.1) is 11.2 Å². The third-order valence-corrected chi connectivity index (χ3v) is 12.2. The minimum atomic E-state index is -0.380. The Morgan fingerprint density at radius 3 is 2.49 bits per heavy atom. The first-order chi connectivity index (χ1) is 28.4. The van der Waals surface area contributed by atoms with E-state index in [1.165, 1.54) is 17.5 Å². The van der Waals surface area contributed by atoms with Gasteiger partial charge in [-0.3, -0.25) is 19.7 Å². The molecule has 13 nitrogen and oxygen atoms in total. The lowest BCUT2D eigenvalue weighted by Crippen LogP contribution is -2.47. The standard InChI is InChI=1S/C46H49N9O4/c1-26-17-30(9-10-31(26)23-47-44(58)42-53-45(59-54-42)46(2,3)4)41-39-22-34(24-55(39)49-25-48-41)29-7-5-27(6-8-29)18-33-20-36-19-32(21-38(33)51-36)28-11-13-35(14-12-28)50-37-15-16-40(56)52-43(37)57/h5-14,17,22,24-25,32-33,36-38,50-51H,15-16,18-21,23H2,1-4H3,(H,47,58)(H,52,56,57). The van der Waals surface area contributed by atoms with E-state index in [2.05, 4.69) is 108 Å². The highest BCUT2D eigenvalue weighted by molar-refractivity contribution is 6.01. The molecule has 13 heteroatoms. The molecule has 302 valence electrons. The number of imide groups is 1. The van der Waals surface area contributed by atoms with Gasteiger partial charge in [-0.25, -0.2) is 9.50 Å². The van der Waals surface area contributed by atoms with E-state index in [1.807, 2.05) is 44.3 Å². The number of carbonyl (C=O) groups is 3. The van der Waals surface area contributed by atoms with Crippen LogP contribution in [0.5, 0.6) is 0 Å². The molecule has 59 heavy (non-hydrogen) atoms. The fourth-order valence-electron chi connectivity index (χ4n) is 8.95. The van der Waals surface area contributed by atoms with E-state index in [9.17, 15) is 14.4 Å². The number of hydrogen-bond donors (Lipinski definition) is 4. The molecule has 3 aliphatic heterocycles. The Morgan fingerprint density at radius 2 is 1.75 bits per heavy atom. The number of nitrogens with one attached hydrogen (secondary N) is 4. The predicted octanol–water partition coefficient (Wildman–Crippen LogP) is 6.67. The summed E-state index contributed by atoms with van der Waals surface area (Å²) >= 11 is 0. The van der Waals surface area contributed by atoms with Crippen molar-refractivity contribution in [2.45, 2.75) is 102 Å². The molecule has 0 radical (unpaired) electrons. The fourth-order valence-corrected chi connectivity index (χ4v) is 8.95. The summed E-state index contributed by atoms with van der Waals surface area (Å²) in [6.45, 7) is 8.22. The summed E-state index contributed by atoms with van der Waals surface area (Å²) in [6, 6.07) is 26.4. The molecular formula is C46H49N9O4. The van der Waals surface area contributed by atoms with Crippen LogP contribution in [0.25, 0.3) is 27.9 Å². The molecule has 3 fully saturated rings. The van der Waals surface area contributed by atoms with Crippen LogP contribution in [-0.4, -0.2) is 60.6 Å². The van der Waals surface area contributed by atoms with Crippen LogP contribution in [-0.2, 0) is 28.0 Å². The van der Waals surface area contributed by atoms with Gasteiger partial charge in [0.15, 0.2) is 0 Å². The molecule has 2 bridgehead atoms. The molecule has 0 saturated carbocycles. The Labute approximate surface area is 342 Å². The third kappa shape index (κ3) is 8.11. The van der Waals surface area contributed by atoms with Crippen LogP contribution in [0.15, 0.2) is 89.8 Å². The zero-order valence-electron chi connectivity index (χ0n) is 33.8. The van der Waals surface area contributed by atoms with Gasteiger partial charge in [0, 0.05) is 53.5 Å². The van der Waals surface area contributed by atoms with Gasteiger partial charge in [0.25, 0.3) is 11.7 Å². The van der Waals surface area contributed by atoms with Crippen molar-refractivity contribution in [1.29, 1.82) is 0 Å². The smallest absolute Gasteiger partial charge is 0.292 e. The highest BCUT2D eigenvalue weighted by Gasteiger charge is 2.40. The van der Waals surface area contributed by atoms with Gasteiger partial charge in [-0.2, -0.15) is 10.1 Å². The summed E-state index contributed by atoms with van der Waals surface area (Å²) in [6.07, 6.45) is 8.97. The van der Waals surface area contributed by atoms with E-state index in [-0.39, 0.29) is 35.0 Å².